The molecule has 1 aliphatic carbocycles. The van der Waals surface area contributed by atoms with Crippen molar-refractivity contribution in [2.24, 2.45) is 15.7 Å². The number of aromatic nitrogens is 1. The maximum absolute atomic E-state index is 13.5. The summed E-state index contributed by atoms with van der Waals surface area (Å²) >= 11 is 0. The first-order valence-electron chi connectivity index (χ1n) is 14.0. The molecule has 3 aromatic rings. The van der Waals surface area contributed by atoms with Crippen LogP contribution in [0.4, 0.5) is 10.5 Å². The highest BCUT2D eigenvalue weighted by atomic mass is 16.7. The lowest BCUT2D eigenvalue weighted by Crippen LogP contribution is -2.38. The maximum atomic E-state index is 13.5. The minimum atomic E-state index is -0.997. The van der Waals surface area contributed by atoms with Gasteiger partial charge in [0.05, 0.1) is 28.8 Å². The van der Waals surface area contributed by atoms with Gasteiger partial charge in [0.1, 0.15) is 5.75 Å². The summed E-state index contributed by atoms with van der Waals surface area (Å²) < 4.78 is 10.0. The van der Waals surface area contributed by atoms with E-state index in [-0.39, 0.29) is 41.2 Å². The van der Waals surface area contributed by atoms with Crippen molar-refractivity contribution in [3.8, 4) is 5.75 Å². The molecule has 3 amide bonds. The summed E-state index contributed by atoms with van der Waals surface area (Å²) in [5, 5.41) is 12.3. The van der Waals surface area contributed by atoms with Crippen LogP contribution >= 0.6 is 0 Å². The van der Waals surface area contributed by atoms with Crippen LogP contribution in [0.25, 0.3) is 0 Å². The van der Waals surface area contributed by atoms with Gasteiger partial charge in [-0.15, -0.1) is 0 Å². The Hall–Kier alpha value is -5.46. The molecule has 0 atom stereocenters. The van der Waals surface area contributed by atoms with Crippen LogP contribution in [0.15, 0.2) is 58.6 Å². The number of benzene rings is 2. The number of nitrogens with two attached hydrogens (primary N) is 1. The zero-order chi connectivity index (χ0) is 31.8. The Morgan fingerprint density at radius 2 is 1.80 bits per heavy atom. The largest absolute Gasteiger partial charge is 0.508 e. The van der Waals surface area contributed by atoms with Crippen molar-refractivity contribution < 1.29 is 33.8 Å². The maximum Gasteiger partial charge on any atom is 0.419 e. The van der Waals surface area contributed by atoms with E-state index < -0.39 is 24.8 Å². The van der Waals surface area contributed by atoms with E-state index in [9.17, 15) is 24.3 Å². The Labute approximate surface area is 253 Å². The molecular formula is C31H34N6O7. The zero-order valence-electron chi connectivity index (χ0n) is 24.6. The van der Waals surface area contributed by atoms with E-state index in [2.05, 4.69) is 20.3 Å². The molecule has 0 unspecified atom stereocenters. The summed E-state index contributed by atoms with van der Waals surface area (Å²) in [6.07, 6.45) is 3.88. The van der Waals surface area contributed by atoms with Gasteiger partial charge in [-0.1, -0.05) is 13.0 Å². The van der Waals surface area contributed by atoms with Crippen LogP contribution in [0.2, 0.25) is 0 Å². The number of aromatic hydroxyl groups is 1. The molecule has 1 heterocycles. The van der Waals surface area contributed by atoms with Crippen molar-refractivity contribution in [2.45, 2.75) is 46.1 Å². The van der Waals surface area contributed by atoms with Gasteiger partial charge in [0.2, 0.25) is 6.79 Å². The van der Waals surface area contributed by atoms with Crippen molar-refractivity contribution in [3.63, 3.8) is 0 Å². The third-order valence-electron chi connectivity index (χ3n) is 6.79. The van der Waals surface area contributed by atoms with Crippen LogP contribution in [-0.4, -0.2) is 70.4 Å². The molecule has 2 aromatic carbocycles. The van der Waals surface area contributed by atoms with E-state index in [4.69, 9.17) is 15.2 Å². The number of aryl methyl sites for hydroxylation is 1. The van der Waals surface area contributed by atoms with Crippen molar-refractivity contribution in [1.82, 2.24) is 15.2 Å². The highest BCUT2D eigenvalue weighted by molar-refractivity contribution is 6.09. The number of amidine groups is 1. The lowest BCUT2D eigenvalue weighted by molar-refractivity contribution is -0.0105. The number of hydrogen-bond donors (Lipinski definition) is 4. The fraction of sp³-hybridized carbons (Fsp3) is 0.290. The van der Waals surface area contributed by atoms with E-state index in [1.807, 2.05) is 6.92 Å². The van der Waals surface area contributed by atoms with Crippen molar-refractivity contribution in [3.05, 3.63) is 82.2 Å². The van der Waals surface area contributed by atoms with Gasteiger partial charge in [-0.05, 0) is 80.6 Å². The van der Waals surface area contributed by atoms with Crippen LogP contribution in [0.5, 0.6) is 5.75 Å². The normalized spacial score (nSPS) is 13.0. The number of imide groups is 1. The Balaban J connectivity index is 1.51. The number of aliphatic imine (C=N–C) groups is 2. The van der Waals surface area contributed by atoms with Crippen LogP contribution in [0, 0.1) is 13.8 Å². The molecule has 0 radical (unpaired) electrons. The zero-order valence-corrected chi connectivity index (χ0v) is 24.6. The van der Waals surface area contributed by atoms with Crippen molar-refractivity contribution >= 4 is 41.7 Å². The van der Waals surface area contributed by atoms with E-state index in [0.29, 0.717) is 28.9 Å². The minimum Gasteiger partial charge on any atom is -0.508 e. The summed E-state index contributed by atoms with van der Waals surface area (Å²) in [4.78, 5) is 63.8. The lowest BCUT2D eigenvalue weighted by atomic mass is 10.1. The molecule has 5 N–H and O–H groups in total. The average molecular weight is 603 g/mol. The van der Waals surface area contributed by atoms with Crippen LogP contribution in [0.1, 0.15) is 74.1 Å². The first-order chi connectivity index (χ1) is 21.1. The number of hydrogen-bond acceptors (Lipinski definition) is 8. The highest BCUT2D eigenvalue weighted by Gasteiger charge is 2.28. The molecule has 13 nitrogen and oxygen atoms in total. The molecule has 4 rings (SSSR count). The van der Waals surface area contributed by atoms with E-state index >= 15 is 0 Å². The van der Waals surface area contributed by atoms with Gasteiger partial charge in [0.15, 0.2) is 5.84 Å². The lowest BCUT2D eigenvalue weighted by Gasteiger charge is -2.19. The standard InChI is InChI=1S/C31H34N6O7/c1-4-13-37(31(42)44-17-43-30(41)20-7-11-23(38)12-8-20)29(40)24-15-33-26(19(24)3)27(34-16-32)36-25-14-21(6-5-18(25)2)28(39)35-22-9-10-22/h5-8,11-12,14-16,22,33,38H,4,9-10,13,17H2,1-3H3,(H,35,39)(H2,32,34,36). The van der Waals surface area contributed by atoms with Gasteiger partial charge in [-0.25, -0.2) is 24.5 Å². The molecule has 0 aliphatic heterocycles. The monoisotopic (exact) mass is 602 g/mol. The number of aromatic amines is 1. The second-order valence-electron chi connectivity index (χ2n) is 10.1. The topological polar surface area (TPSA) is 189 Å². The minimum absolute atomic E-state index is 0.0179. The number of rotatable bonds is 10. The Bertz CT molecular complexity index is 1610. The van der Waals surface area contributed by atoms with Crippen molar-refractivity contribution in [2.75, 3.05) is 13.3 Å². The van der Waals surface area contributed by atoms with Gasteiger partial charge in [0, 0.05) is 24.3 Å². The Kier molecular flexibility index (Phi) is 10.1. The SMILES string of the molecule is CCCN(C(=O)OCOC(=O)c1ccc(O)cc1)C(=O)c1c[nH]c(C(N=CN)=Nc2cc(C(=O)NC3CC3)ccc2C)c1C. The van der Waals surface area contributed by atoms with Crippen LogP contribution in [-0.2, 0) is 9.47 Å². The number of H-pyrrole nitrogens is 1. The predicted molar refractivity (Wildman–Crippen MR) is 162 cm³/mol. The molecule has 0 bridgehead atoms. The van der Waals surface area contributed by atoms with Gasteiger partial charge >= 0.3 is 12.1 Å². The van der Waals surface area contributed by atoms with E-state index in [1.165, 1.54) is 30.5 Å². The third kappa shape index (κ3) is 7.68. The molecule has 1 saturated carbocycles. The molecule has 1 fully saturated rings. The smallest absolute Gasteiger partial charge is 0.419 e. The number of esters is 1. The fourth-order valence-electron chi connectivity index (χ4n) is 4.19. The van der Waals surface area contributed by atoms with Gasteiger partial charge in [-0.3, -0.25) is 9.59 Å². The van der Waals surface area contributed by atoms with Gasteiger partial charge < -0.3 is 30.6 Å². The molecular weight excluding hydrogens is 568 g/mol. The number of phenols is 1. The molecule has 1 aromatic heterocycles. The predicted octanol–water partition coefficient (Wildman–Crippen LogP) is 4.10. The Morgan fingerprint density at radius 3 is 2.45 bits per heavy atom. The molecule has 230 valence electrons. The molecule has 13 heteroatoms. The Morgan fingerprint density at radius 1 is 1.09 bits per heavy atom. The van der Waals surface area contributed by atoms with Gasteiger partial charge in [-0.2, -0.15) is 0 Å². The summed E-state index contributed by atoms with van der Waals surface area (Å²) in [6.45, 7) is 4.62. The van der Waals surface area contributed by atoms with E-state index in [1.54, 1.807) is 32.0 Å². The number of carbonyl (C=O) groups is 4. The number of carbonyl (C=O) groups excluding carboxylic acids is 4. The quantitative estimate of drug-likeness (QED) is 0.115. The number of ether oxygens (including phenoxy) is 2. The molecule has 0 saturated heterocycles. The number of nitrogens with one attached hydrogen (secondary N) is 2. The number of nitrogens with zero attached hydrogens (tertiary/aromatic N) is 3. The molecule has 44 heavy (non-hydrogen) atoms. The summed E-state index contributed by atoms with van der Waals surface area (Å²) in [7, 11) is 0. The van der Waals surface area contributed by atoms with Crippen LogP contribution in [0.3, 0.4) is 0 Å². The first kappa shape index (κ1) is 31.5. The van der Waals surface area contributed by atoms with Crippen molar-refractivity contribution in [1.29, 1.82) is 0 Å². The summed E-state index contributed by atoms with van der Waals surface area (Å²) in [6, 6.07) is 10.7. The van der Waals surface area contributed by atoms with Crippen LogP contribution < -0.4 is 11.1 Å². The highest BCUT2D eigenvalue weighted by Crippen LogP contribution is 2.25. The van der Waals surface area contributed by atoms with E-state index in [0.717, 1.165) is 29.6 Å². The second-order valence-corrected chi connectivity index (χ2v) is 10.1. The van der Waals surface area contributed by atoms with Gasteiger partial charge in [0.25, 0.3) is 11.8 Å². The summed E-state index contributed by atoms with van der Waals surface area (Å²) in [5.41, 5.74) is 8.52. The summed E-state index contributed by atoms with van der Waals surface area (Å²) in [5.74, 6) is -1.45. The fourth-order valence-corrected chi connectivity index (χ4v) is 4.19. The molecule has 0 spiro atoms. The second kappa shape index (κ2) is 14.1. The number of phenolic OH excluding ortho intramolecular Hbond substituents is 1. The first-order valence-corrected chi connectivity index (χ1v) is 14.0. The average Bonchev–Trinajstić information content (AvgIpc) is 3.74. The molecule has 1 aliphatic rings. The third-order valence-corrected chi connectivity index (χ3v) is 6.79. The number of amides is 3.